The Balaban J connectivity index is 2.15. The lowest BCUT2D eigenvalue weighted by Crippen LogP contribution is -2.41. The Labute approximate surface area is 165 Å². The summed E-state index contributed by atoms with van der Waals surface area (Å²) in [7, 11) is 0.383. The topological polar surface area (TPSA) is 9.23 Å². The molecular formula is C18H28OS4Si. The molecule has 0 aromatic heterocycles. The number of methoxy groups -OCH3 is 1. The van der Waals surface area contributed by atoms with E-state index in [1.807, 2.05) is 7.11 Å². The predicted molar refractivity (Wildman–Crippen MR) is 117 cm³/mol. The van der Waals surface area contributed by atoms with E-state index in [0.717, 1.165) is 13.0 Å². The van der Waals surface area contributed by atoms with Gasteiger partial charge in [0.25, 0.3) is 0 Å². The molecule has 0 bridgehead atoms. The molecule has 1 nitrogen and oxygen atoms in total. The van der Waals surface area contributed by atoms with Crippen LogP contribution in [0.15, 0.2) is 19.6 Å². The number of hydrogen-bond donors (Lipinski definition) is 0. The van der Waals surface area contributed by atoms with Crippen molar-refractivity contribution in [2.24, 2.45) is 0 Å². The van der Waals surface area contributed by atoms with E-state index in [-0.39, 0.29) is 8.16 Å². The van der Waals surface area contributed by atoms with Gasteiger partial charge in [0.1, 0.15) is 0 Å². The van der Waals surface area contributed by atoms with Crippen molar-refractivity contribution >= 4 is 60.3 Å². The first-order valence-corrected chi connectivity index (χ1v) is 15.2. The Bertz CT molecular complexity index is 681. The van der Waals surface area contributed by atoms with Gasteiger partial charge in [0, 0.05) is 33.3 Å². The van der Waals surface area contributed by atoms with Gasteiger partial charge in [-0.1, -0.05) is 19.6 Å². The van der Waals surface area contributed by atoms with Crippen LogP contribution in [0, 0.1) is 6.92 Å². The minimum atomic E-state index is -1.43. The van der Waals surface area contributed by atoms with Crippen molar-refractivity contribution in [2.75, 3.05) is 13.7 Å². The first kappa shape index (κ1) is 19.6. The van der Waals surface area contributed by atoms with Crippen LogP contribution >= 0.6 is 47.0 Å². The molecule has 0 saturated carbocycles. The van der Waals surface area contributed by atoms with E-state index in [4.69, 9.17) is 4.74 Å². The minimum absolute atomic E-state index is 0.206. The molecule has 2 heterocycles. The molecule has 0 radical (unpaired) electrons. The van der Waals surface area contributed by atoms with Gasteiger partial charge < -0.3 is 4.74 Å². The van der Waals surface area contributed by atoms with Crippen molar-refractivity contribution in [3.05, 3.63) is 5.56 Å². The average Bonchev–Trinajstić information content (AvgIpc) is 2.93. The molecule has 0 saturated heterocycles. The first-order valence-electron chi connectivity index (χ1n) is 8.43. The average molecular weight is 417 g/mol. The quantitative estimate of drug-likeness (QED) is 0.522. The van der Waals surface area contributed by atoms with Gasteiger partial charge in [-0.3, -0.25) is 0 Å². The van der Waals surface area contributed by atoms with Crippen LogP contribution in [0.5, 0.6) is 0 Å². The molecular weight excluding hydrogens is 389 g/mol. The lowest BCUT2D eigenvalue weighted by atomic mass is 10.2. The van der Waals surface area contributed by atoms with Crippen molar-refractivity contribution in [3.63, 3.8) is 0 Å². The van der Waals surface area contributed by atoms with Crippen molar-refractivity contribution in [1.29, 1.82) is 0 Å². The van der Waals surface area contributed by atoms with Crippen LogP contribution in [0.2, 0.25) is 19.6 Å². The van der Waals surface area contributed by atoms with Crippen LogP contribution < -0.4 is 5.19 Å². The summed E-state index contributed by atoms with van der Waals surface area (Å²) in [5.74, 6) is 0. The van der Waals surface area contributed by atoms with Crippen LogP contribution in [0.3, 0.4) is 0 Å². The van der Waals surface area contributed by atoms with Gasteiger partial charge in [-0.25, -0.2) is 0 Å². The maximum atomic E-state index is 5.38. The molecule has 0 N–H and O–H groups in total. The standard InChI is InChI=1S/C18H28OS4Si/c1-11-12-14(21-17(2,3)20-12)16(24(6,7)8)15-13(11)22-18(4,23-15)9-10-19-5/h9-10H2,1-8H3. The smallest absolute Gasteiger partial charge is 0.0806 e. The third-order valence-corrected chi connectivity index (χ3v) is 12.9. The van der Waals surface area contributed by atoms with Gasteiger partial charge in [0.2, 0.25) is 0 Å². The molecule has 3 rings (SSSR count). The number of ether oxygens (including phenoxy) is 1. The second-order valence-corrected chi connectivity index (χ2v) is 20.1. The van der Waals surface area contributed by atoms with Gasteiger partial charge in [-0.05, 0) is 44.9 Å². The minimum Gasteiger partial charge on any atom is -0.385 e. The maximum Gasteiger partial charge on any atom is 0.0806 e. The number of benzene rings is 1. The fraction of sp³-hybridized carbons (Fsp3) is 0.667. The van der Waals surface area contributed by atoms with E-state index in [2.05, 4.69) is 94.4 Å². The summed E-state index contributed by atoms with van der Waals surface area (Å²) in [6.07, 6.45) is 1.09. The highest BCUT2D eigenvalue weighted by Gasteiger charge is 2.45. The lowest BCUT2D eigenvalue weighted by Gasteiger charge is -2.25. The van der Waals surface area contributed by atoms with E-state index in [9.17, 15) is 0 Å². The lowest BCUT2D eigenvalue weighted by molar-refractivity contribution is 0.193. The zero-order valence-corrected chi connectivity index (χ0v) is 20.2. The summed E-state index contributed by atoms with van der Waals surface area (Å²) in [5.41, 5.74) is 1.52. The Morgan fingerprint density at radius 3 is 1.96 bits per heavy atom. The zero-order chi connectivity index (χ0) is 17.9. The van der Waals surface area contributed by atoms with Gasteiger partial charge >= 0.3 is 0 Å². The van der Waals surface area contributed by atoms with E-state index >= 15 is 0 Å². The van der Waals surface area contributed by atoms with Gasteiger partial charge in [0.05, 0.1) is 16.2 Å². The number of thioether (sulfide) groups is 4. The monoisotopic (exact) mass is 416 g/mol. The van der Waals surface area contributed by atoms with Crippen LogP contribution in [-0.2, 0) is 4.74 Å². The third-order valence-electron chi connectivity index (χ3n) is 4.39. The molecule has 1 unspecified atom stereocenters. The summed E-state index contributed by atoms with van der Waals surface area (Å²) in [6, 6.07) is 0. The molecule has 0 spiro atoms. The van der Waals surface area contributed by atoms with Crippen molar-refractivity contribution < 1.29 is 4.74 Å². The van der Waals surface area contributed by atoms with Crippen molar-refractivity contribution in [2.45, 2.75) is 81.5 Å². The molecule has 1 aromatic rings. The predicted octanol–water partition coefficient (Wildman–Crippen LogP) is 6.42. The molecule has 2 aliphatic rings. The third kappa shape index (κ3) is 3.48. The van der Waals surface area contributed by atoms with Crippen LogP contribution in [0.25, 0.3) is 0 Å². The summed E-state index contributed by atoms with van der Waals surface area (Å²) in [4.78, 5) is 6.31. The van der Waals surface area contributed by atoms with E-state index in [0.29, 0.717) is 0 Å². The molecule has 24 heavy (non-hydrogen) atoms. The zero-order valence-electron chi connectivity index (χ0n) is 16.0. The molecule has 134 valence electrons. The molecule has 0 aliphatic carbocycles. The fourth-order valence-electron chi connectivity index (χ4n) is 3.25. The normalized spacial score (nSPS) is 25.0. The van der Waals surface area contributed by atoms with E-state index < -0.39 is 8.07 Å². The fourth-order valence-corrected chi connectivity index (χ4v) is 13.2. The molecule has 0 amide bonds. The van der Waals surface area contributed by atoms with E-state index in [1.165, 1.54) is 5.56 Å². The van der Waals surface area contributed by atoms with Gasteiger partial charge in [-0.15, -0.1) is 47.0 Å². The summed E-state index contributed by atoms with van der Waals surface area (Å²) < 4.78 is 5.84. The Morgan fingerprint density at radius 1 is 0.875 bits per heavy atom. The molecule has 6 heteroatoms. The van der Waals surface area contributed by atoms with Gasteiger partial charge in [-0.2, -0.15) is 0 Å². The van der Waals surface area contributed by atoms with Crippen molar-refractivity contribution in [3.8, 4) is 0 Å². The Hall–Kier alpha value is 0.797. The summed E-state index contributed by atoms with van der Waals surface area (Å²) in [5, 5.41) is 1.71. The molecule has 1 atom stereocenters. The Kier molecular flexibility index (Phi) is 5.25. The SMILES string of the molecule is COCCC1(C)Sc2c(C)c3c(c([Si](C)(C)C)c2S1)SC(C)(C)S3. The van der Waals surface area contributed by atoms with E-state index in [1.54, 1.807) is 24.8 Å². The van der Waals surface area contributed by atoms with Crippen molar-refractivity contribution in [1.82, 2.24) is 0 Å². The maximum absolute atomic E-state index is 5.38. The Morgan fingerprint density at radius 2 is 1.38 bits per heavy atom. The van der Waals surface area contributed by atoms with Crippen LogP contribution in [-0.4, -0.2) is 29.9 Å². The second kappa shape index (κ2) is 6.45. The second-order valence-electron chi connectivity index (χ2n) is 8.25. The highest BCUT2D eigenvalue weighted by Crippen LogP contribution is 2.64. The highest BCUT2D eigenvalue weighted by atomic mass is 32.2. The largest absolute Gasteiger partial charge is 0.385 e. The molecule has 0 fully saturated rings. The highest BCUT2D eigenvalue weighted by molar-refractivity contribution is 8.22. The summed E-state index contributed by atoms with van der Waals surface area (Å²) >= 11 is 8.36. The van der Waals surface area contributed by atoms with Gasteiger partial charge in [0.15, 0.2) is 0 Å². The molecule has 1 aromatic carbocycles. The molecule has 2 aliphatic heterocycles. The number of fused-ring (bicyclic) bond motifs is 2. The number of hydrogen-bond acceptors (Lipinski definition) is 5. The first-order chi connectivity index (χ1) is 11.0. The van der Waals surface area contributed by atoms with Crippen LogP contribution in [0.1, 0.15) is 32.8 Å². The summed E-state index contributed by atoms with van der Waals surface area (Å²) in [6.45, 7) is 17.8. The number of rotatable bonds is 4. The van der Waals surface area contributed by atoms with Crippen LogP contribution in [0.4, 0.5) is 0 Å².